The molecule has 0 unspecified atom stereocenters. The first-order valence-electron chi connectivity index (χ1n) is 4.06. The Labute approximate surface area is 80.2 Å². The molecule has 1 rings (SSSR count). The minimum Gasteiger partial charge on any atom is -0.478 e. The number of carboxylic acids is 1. The van der Waals surface area contributed by atoms with Crippen molar-refractivity contribution in [3.05, 3.63) is 34.4 Å². The van der Waals surface area contributed by atoms with Crippen LogP contribution in [0.1, 0.15) is 33.5 Å². The molecule has 0 atom stereocenters. The van der Waals surface area contributed by atoms with E-state index in [1.54, 1.807) is 13.8 Å². The number of halogens is 2. The summed E-state index contributed by atoms with van der Waals surface area (Å²) in [4.78, 5) is 10.6. The van der Waals surface area contributed by atoms with E-state index in [-0.39, 0.29) is 11.1 Å². The van der Waals surface area contributed by atoms with Crippen LogP contribution in [-0.2, 0) is 0 Å². The Hall–Kier alpha value is -1.45. The molecule has 0 aromatic heterocycles. The number of hydrogen-bond acceptors (Lipinski definition) is 1. The highest BCUT2D eigenvalue weighted by Gasteiger charge is 2.15. The molecule has 76 valence electrons. The molecule has 0 aliphatic carbocycles. The number of aromatic carboxylic acids is 1. The second-order valence-electron chi connectivity index (χ2n) is 3.11. The molecule has 0 spiro atoms. The molecule has 2 nitrogen and oxygen atoms in total. The van der Waals surface area contributed by atoms with Crippen molar-refractivity contribution in [1.82, 2.24) is 0 Å². The average molecular weight is 200 g/mol. The highest BCUT2D eigenvalue weighted by molar-refractivity contribution is 5.88. The van der Waals surface area contributed by atoms with Gasteiger partial charge in [-0.25, -0.2) is 13.6 Å². The summed E-state index contributed by atoms with van der Waals surface area (Å²) in [5.41, 5.74) is 0.719. The van der Waals surface area contributed by atoms with Gasteiger partial charge in [-0.05, 0) is 37.1 Å². The van der Waals surface area contributed by atoms with E-state index in [0.717, 1.165) is 6.07 Å². The number of aryl methyl sites for hydroxylation is 1. The summed E-state index contributed by atoms with van der Waals surface area (Å²) < 4.78 is 24.9. The van der Waals surface area contributed by atoms with Gasteiger partial charge in [-0.1, -0.05) is 0 Å². The number of rotatable bonds is 2. The molecule has 0 aliphatic heterocycles. The molecule has 0 aliphatic rings. The monoisotopic (exact) mass is 200 g/mol. The molecule has 0 radical (unpaired) electrons. The summed E-state index contributed by atoms with van der Waals surface area (Å²) in [6, 6.07) is 2.42. The first-order valence-corrected chi connectivity index (χ1v) is 4.06. The van der Waals surface area contributed by atoms with Gasteiger partial charge in [0.15, 0.2) is 0 Å². The van der Waals surface area contributed by atoms with Gasteiger partial charge in [0.05, 0.1) is 5.56 Å². The predicted octanol–water partition coefficient (Wildman–Crippen LogP) is 2.94. The fourth-order valence-electron chi connectivity index (χ4n) is 1.24. The molecule has 14 heavy (non-hydrogen) atoms. The van der Waals surface area contributed by atoms with Crippen LogP contribution in [0.25, 0.3) is 0 Å². The summed E-state index contributed by atoms with van der Waals surface area (Å²) in [7, 11) is 0. The summed E-state index contributed by atoms with van der Waals surface area (Å²) in [6.07, 6.45) is -2.63. The lowest BCUT2D eigenvalue weighted by Crippen LogP contribution is -2.01. The zero-order valence-corrected chi connectivity index (χ0v) is 7.84. The quantitative estimate of drug-likeness (QED) is 0.796. The molecular weight excluding hydrogens is 190 g/mol. The molecule has 0 bridgehead atoms. The van der Waals surface area contributed by atoms with Crippen LogP contribution in [0.5, 0.6) is 0 Å². The van der Waals surface area contributed by atoms with Crippen LogP contribution in [0.2, 0.25) is 0 Å². The van der Waals surface area contributed by atoms with Crippen LogP contribution in [0, 0.1) is 13.8 Å². The molecular formula is C10H10F2O2. The largest absolute Gasteiger partial charge is 0.478 e. The van der Waals surface area contributed by atoms with E-state index in [0.29, 0.717) is 11.1 Å². The number of alkyl halides is 2. The van der Waals surface area contributed by atoms with E-state index in [1.165, 1.54) is 6.07 Å². The molecule has 0 saturated heterocycles. The van der Waals surface area contributed by atoms with Crippen LogP contribution < -0.4 is 0 Å². The van der Waals surface area contributed by atoms with Crippen molar-refractivity contribution in [2.24, 2.45) is 0 Å². The Morgan fingerprint density at radius 1 is 1.36 bits per heavy atom. The Morgan fingerprint density at radius 3 is 2.36 bits per heavy atom. The minimum atomic E-state index is -2.63. The van der Waals surface area contributed by atoms with E-state index in [2.05, 4.69) is 0 Å². The SMILES string of the molecule is Cc1cc(C(=O)O)cc(C(F)F)c1C. The smallest absolute Gasteiger partial charge is 0.335 e. The van der Waals surface area contributed by atoms with Crippen LogP contribution >= 0.6 is 0 Å². The van der Waals surface area contributed by atoms with E-state index in [9.17, 15) is 13.6 Å². The van der Waals surface area contributed by atoms with Crippen LogP contribution in [0.4, 0.5) is 8.78 Å². The summed E-state index contributed by atoms with van der Waals surface area (Å²) in [6.45, 7) is 3.18. The van der Waals surface area contributed by atoms with Crippen LogP contribution in [0.3, 0.4) is 0 Å². The fraction of sp³-hybridized carbons (Fsp3) is 0.300. The Balaban J connectivity index is 3.35. The van der Waals surface area contributed by atoms with Gasteiger partial charge in [0.1, 0.15) is 0 Å². The van der Waals surface area contributed by atoms with Crippen molar-refractivity contribution in [3.63, 3.8) is 0 Å². The third-order valence-corrected chi connectivity index (χ3v) is 2.19. The molecule has 1 aromatic rings. The fourth-order valence-corrected chi connectivity index (χ4v) is 1.24. The normalized spacial score (nSPS) is 10.6. The first kappa shape index (κ1) is 10.6. The van der Waals surface area contributed by atoms with Gasteiger partial charge in [-0.15, -0.1) is 0 Å². The zero-order chi connectivity index (χ0) is 10.9. The summed E-state index contributed by atoms with van der Waals surface area (Å²) in [5, 5.41) is 8.66. The zero-order valence-electron chi connectivity index (χ0n) is 7.84. The summed E-state index contributed by atoms with van der Waals surface area (Å²) in [5.74, 6) is -1.19. The molecule has 0 heterocycles. The van der Waals surface area contributed by atoms with Gasteiger partial charge in [-0.2, -0.15) is 0 Å². The number of carbonyl (C=O) groups is 1. The van der Waals surface area contributed by atoms with Crippen molar-refractivity contribution < 1.29 is 18.7 Å². The molecule has 0 saturated carbocycles. The number of benzene rings is 1. The highest BCUT2D eigenvalue weighted by Crippen LogP contribution is 2.26. The highest BCUT2D eigenvalue weighted by atomic mass is 19.3. The minimum absolute atomic E-state index is 0.0941. The Kier molecular flexibility index (Phi) is 2.84. The van der Waals surface area contributed by atoms with Gasteiger partial charge in [0.25, 0.3) is 6.43 Å². The number of hydrogen-bond donors (Lipinski definition) is 1. The lowest BCUT2D eigenvalue weighted by Gasteiger charge is -2.09. The van der Waals surface area contributed by atoms with Crippen LogP contribution in [-0.4, -0.2) is 11.1 Å². The van der Waals surface area contributed by atoms with Crippen molar-refractivity contribution in [1.29, 1.82) is 0 Å². The van der Waals surface area contributed by atoms with Crippen molar-refractivity contribution in [2.45, 2.75) is 20.3 Å². The maximum Gasteiger partial charge on any atom is 0.335 e. The molecule has 1 N–H and O–H groups in total. The van der Waals surface area contributed by atoms with Gasteiger partial charge >= 0.3 is 5.97 Å². The first-order chi connectivity index (χ1) is 6.43. The summed E-state index contributed by atoms with van der Waals surface area (Å²) >= 11 is 0. The third-order valence-electron chi connectivity index (χ3n) is 2.19. The van der Waals surface area contributed by atoms with Crippen LogP contribution in [0.15, 0.2) is 12.1 Å². The van der Waals surface area contributed by atoms with E-state index in [4.69, 9.17) is 5.11 Å². The second kappa shape index (κ2) is 3.74. The number of carboxylic acid groups (broad SMARTS) is 1. The van der Waals surface area contributed by atoms with Gasteiger partial charge in [-0.3, -0.25) is 0 Å². The Bertz CT molecular complexity index is 373. The molecule has 0 fully saturated rings. The van der Waals surface area contributed by atoms with Crippen molar-refractivity contribution in [3.8, 4) is 0 Å². The van der Waals surface area contributed by atoms with E-state index < -0.39 is 12.4 Å². The maximum atomic E-state index is 12.5. The van der Waals surface area contributed by atoms with Crippen molar-refractivity contribution >= 4 is 5.97 Å². The van der Waals surface area contributed by atoms with Gasteiger partial charge in [0.2, 0.25) is 0 Å². The predicted molar refractivity (Wildman–Crippen MR) is 47.8 cm³/mol. The lowest BCUT2D eigenvalue weighted by atomic mass is 10.00. The average Bonchev–Trinajstić information content (AvgIpc) is 2.08. The topological polar surface area (TPSA) is 37.3 Å². The molecule has 4 heteroatoms. The molecule has 0 amide bonds. The van der Waals surface area contributed by atoms with Crippen molar-refractivity contribution in [2.75, 3.05) is 0 Å². The lowest BCUT2D eigenvalue weighted by molar-refractivity contribution is 0.0696. The van der Waals surface area contributed by atoms with Gasteiger partial charge < -0.3 is 5.11 Å². The molecule has 1 aromatic carbocycles. The second-order valence-corrected chi connectivity index (χ2v) is 3.11. The maximum absolute atomic E-state index is 12.5. The van der Waals surface area contributed by atoms with E-state index in [1.807, 2.05) is 0 Å². The van der Waals surface area contributed by atoms with Gasteiger partial charge in [0, 0.05) is 5.56 Å². The third kappa shape index (κ3) is 1.89. The standard InChI is InChI=1S/C10H10F2O2/c1-5-3-7(10(13)14)4-8(6(5)2)9(11)12/h3-4,9H,1-2H3,(H,13,14). The Morgan fingerprint density at radius 2 is 1.93 bits per heavy atom. The van der Waals surface area contributed by atoms with E-state index >= 15 is 0 Å².